The van der Waals surface area contributed by atoms with Crippen molar-refractivity contribution < 1.29 is 23.9 Å². The van der Waals surface area contributed by atoms with Crippen LogP contribution in [0, 0.1) is 0 Å². The third kappa shape index (κ3) is 9.45. The molecule has 1 rings (SSSR count). The van der Waals surface area contributed by atoms with Crippen LogP contribution in [0.3, 0.4) is 0 Å². The second-order valence-electron chi connectivity index (χ2n) is 6.10. The van der Waals surface area contributed by atoms with Gasteiger partial charge in [0.05, 0.1) is 13.0 Å². The van der Waals surface area contributed by atoms with Crippen LogP contribution in [0.2, 0.25) is 0 Å². The van der Waals surface area contributed by atoms with Gasteiger partial charge >= 0.3 is 12.1 Å². The van der Waals surface area contributed by atoms with E-state index in [2.05, 4.69) is 10.6 Å². The summed E-state index contributed by atoms with van der Waals surface area (Å²) in [4.78, 5) is 34.5. The molecular weight excluding hydrogens is 312 g/mol. The maximum absolute atomic E-state index is 11.6. The van der Waals surface area contributed by atoms with Gasteiger partial charge in [0.2, 0.25) is 5.91 Å². The highest BCUT2D eigenvalue weighted by atomic mass is 16.6. The van der Waals surface area contributed by atoms with Crippen LogP contribution in [-0.4, -0.2) is 36.7 Å². The number of rotatable bonds is 7. The third-order valence-electron chi connectivity index (χ3n) is 2.69. The molecule has 0 radical (unpaired) electrons. The van der Waals surface area contributed by atoms with Gasteiger partial charge in [0.1, 0.15) is 12.2 Å². The van der Waals surface area contributed by atoms with E-state index in [1.807, 2.05) is 30.3 Å². The van der Waals surface area contributed by atoms with Gasteiger partial charge in [-0.15, -0.1) is 0 Å². The van der Waals surface area contributed by atoms with Crippen molar-refractivity contribution >= 4 is 18.0 Å². The van der Waals surface area contributed by atoms with Crippen LogP contribution in [0.25, 0.3) is 0 Å². The van der Waals surface area contributed by atoms with Gasteiger partial charge in [0, 0.05) is 6.54 Å². The Morgan fingerprint density at radius 1 is 1.04 bits per heavy atom. The highest BCUT2D eigenvalue weighted by Crippen LogP contribution is 2.06. The van der Waals surface area contributed by atoms with E-state index in [-0.39, 0.29) is 26.1 Å². The normalized spacial score (nSPS) is 10.6. The topological polar surface area (TPSA) is 93.7 Å². The van der Waals surface area contributed by atoms with Gasteiger partial charge in [-0.3, -0.25) is 9.59 Å². The molecule has 7 nitrogen and oxygen atoms in total. The molecule has 0 aliphatic rings. The van der Waals surface area contributed by atoms with Crippen molar-refractivity contribution in [3.8, 4) is 0 Å². The molecule has 0 heterocycles. The Kier molecular flexibility index (Phi) is 7.74. The highest BCUT2D eigenvalue weighted by Gasteiger charge is 2.16. The zero-order valence-electron chi connectivity index (χ0n) is 14.3. The monoisotopic (exact) mass is 336 g/mol. The molecule has 0 atom stereocenters. The second-order valence-corrected chi connectivity index (χ2v) is 6.10. The molecule has 0 aliphatic carbocycles. The second kappa shape index (κ2) is 9.54. The summed E-state index contributed by atoms with van der Waals surface area (Å²) in [5.41, 5.74) is 0.278. The predicted octanol–water partition coefficient (Wildman–Crippen LogP) is 1.76. The number of carbonyl (C=O) groups excluding carboxylic acids is 3. The fourth-order valence-electron chi connectivity index (χ4n) is 1.64. The summed E-state index contributed by atoms with van der Waals surface area (Å²) in [6.07, 6.45) is -0.606. The predicted molar refractivity (Wildman–Crippen MR) is 88.1 cm³/mol. The quantitative estimate of drug-likeness (QED) is 0.740. The van der Waals surface area contributed by atoms with Crippen LogP contribution < -0.4 is 10.6 Å². The fourth-order valence-corrected chi connectivity index (χ4v) is 1.64. The number of carbonyl (C=O) groups is 3. The molecular formula is C17H24N2O5. The van der Waals surface area contributed by atoms with E-state index in [0.717, 1.165) is 5.56 Å². The highest BCUT2D eigenvalue weighted by molar-refractivity contribution is 5.82. The van der Waals surface area contributed by atoms with E-state index < -0.39 is 23.6 Å². The summed E-state index contributed by atoms with van der Waals surface area (Å²) < 4.78 is 10.1. The number of ether oxygens (including phenoxy) is 2. The molecule has 2 amide bonds. The molecule has 0 aromatic heterocycles. The van der Waals surface area contributed by atoms with Gasteiger partial charge in [-0.2, -0.15) is 0 Å². The molecule has 132 valence electrons. The van der Waals surface area contributed by atoms with Gasteiger partial charge in [0.25, 0.3) is 0 Å². The first kappa shape index (κ1) is 19.5. The number of amides is 2. The number of esters is 1. The number of hydrogen-bond donors (Lipinski definition) is 2. The summed E-state index contributed by atoms with van der Waals surface area (Å²) in [7, 11) is 0. The maximum atomic E-state index is 11.6. The molecule has 0 saturated heterocycles. The molecule has 2 N–H and O–H groups in total. The molecule has 1 aromatic rings. The molecule has 0 saturated carbocycles. The number of nitrogens with one attached hydrogen (secondary N) is 2. The van der Waals surface area contributed by atoms with Gasteiger partial charge in [-0.1, -0.05) is 30.3 Å². The summed E-state index contributed by atoms with van der Waals surface area (Å²) in [5, 5.41) is 4.85. The smallest absolute Gasteiger partial charge is 0.408 e. The summed E-state index contributed by atoms with van der Waals surface area (Å²) in [6, 6.07) is 9.32. The summed E-state index contributed by atoms with van der Waals surface area (Å²) in [6.45, 7) is 5.32. The number of alkyl carbamates (subject to hydrolysis) is 1. The van der Waals surface area contributed by atoms with Crippen molar-refractivity contribution in [1.82, 2.24) is 10.6 Å². The largest absolute Gasteiger partial charge is 0.461 e. The van der Waals surface area contributed by atoms with Crippen molar-refractivity contribution in [2.75, 3.05) is 13.1 Å². The van der Waals surface area contributed by atoms with Crippen LogP contribution in [0.1, 0.15) is 32.8 Å². The lowest BCUT2D eigenvalue weighted by Gasteiger charge is -2.19. The standard InChI is InChI=1S/C17H24N2O5/c1-17(2,3)24-16(22)19-11-14(20)18-10-9-15(21)23-12-13-7-5-4-6-8-13/h4-8H,9-12H2,1-3H3,(H,18,20)(H,19,22). The SMILES string of the molecule is CC(C)(C)OC(=O)NCC(=O)NCCC(=O)OCc1ccccc1. The van der Waals surface area contributed by atoms with E-state index in [1.54, 1.807) is 20.8 Å². The number of hydrogen-bond acceptors (Lipinski definition) is 5. The molecule has 7 heteroatoms. The first-order valence-electron chi connectivity index (χ1n) is 7.69. The molecule has 24 heavy (non-hydrogen) atoms. The molecule has 0 bridgehead atoms. The zero-order valence-corrected chi connectivity index (χ0v) is 14.3. The van der Waals surface area contributed by atoms with E-state index in [1.165, 1.54) is 0 Å². The fraction of sp³-hybridized carbons (Fsp3) is 0.471. The molecule has 1 aromatic carbocycles. The Morgan fingerprint density at radius 2 is 1.71 bits per heavy atom. The van der Waals surface area contributed by atoms with Gasteiger partial charge in [0.15, 0.2) is 0 Å². The molecule has 0 fully saturated rings. The van der Waals surface area contributed by atoms with Gasteiger partial charge in [-0.25, -0.2) is 4.79 Å². The minimum Gasteiger partial charge on any atom is -0.461 e. The maximum Gasteiger partial charge on any atom is 0.408 e. The van der Waals surface area contributed by atoms with Crippen molar-refractivity contribution in [3.05, 3.63) is 35.9 Å². The number of benzene rings is 1. The Hall–Kier alpha value is -2.57. The molecule has 0 spiro atoms. The summed E-state index contributed by atoms with van der Waals surface area (Å²) >= 11 is 0. The Morgan fingerprint density at radius 3 is 2.33 bits per heavy atom. The minimum absolute atomic E-state index is 0.0605. The van der Waals surface area contributed by atoms with Crippen molar-refractivity contribution in [2.45, 2.75) is 39.4 Å². The molecule has 0 aliphatic heterocycles. The van der Waals surface area contributed by atoms with E-state index in [4.69, 9.17) is 9.47 Å². The minimum atomic E-state index is -0.667. The Bertz CT molecular complexity index is 552. The zero-order chi connectivity index (χ0) is 18.0. The van der Waals surface area contributed by atoms with Crippen LogP contribution in [0.15, 0.2) is 30.3 Å². The lowest BCUT2D eigenvalue weighted by molar-refractivity contribution is -0.144. The van der Waals surface area contributed by atoms with Crippen molar-refractivity contribution in [1.29, 1.82) is 0 Å². The van der Waals surface area contributed by atoms with Crippen LogP contribution >= 0.6 is 0 Å². The first-order valence-corrected chi connectivity index (χ1v) is 7.69. The van der Waals surface area contributed by atoms with Gasteiger partial charge in [-0.05, 0) is 26.3 Å². The van der Waals surface area contributed by atoms with Crippen molar-refractivity contribution in [2.24, 2.45) is 0 Å². The van der Waals surface area contributed by atoms with Crippen LogP contribution in [0.5, 0.6) is 0 Å². The van der Waals surface area contributed by atoms with Crippen molar-refractivity contribution in [3.63, 3.8) is 0 Å². The average Bonchev–Trinajstić information content (AvgIpc) is 2.50. The van der Waals surface area contributed by atoms with Gasteiger partial charge < -0.3 is 20.1 Å². The van der Waals surface area contributed by atoms with Crippen LogP contribution in [-0.2, 0) is 25.7 Å². The third-order valence-corrected chi connectivity index (χ3v) is 2.69. The van der Waals surface area contributed by atoms with E-state index in [0.29, 0.717) is 0 Å². The van der Waals surface area contributed by atoms with Crippen LogP contribution in [0.4, 0.5) is 4.79 Å². The van der Waals surface area contributed by atoms with E-state index >= 15 is 0 Å². The lowest BCUT2D eigenvalue weighted by Crippen LogP contribution is -2.40. The Balaban J connectivity index is 2.12. The molecule has 0 unspecified atom stereocenters. The summed E-state index contributed by atoms with van der Waals surface area (Å²) in [5.74, 6) is -0.809. The first-order chi connectivity index (χ1) is 11.3. The Labute approximate surface area is 141 Å². The van der Waals surface area contributed by atoms with E-state index in [9.17, 15) is 14.4 Å². The average molecular weight is 336 g/mol. The lowest BCUT2D eigenvalue weighted by atomic mass is 10.2.